The van der Waals surface area contributed by atoms with Crippen LogP contribution < -0.4 is 0 Å². The molecule has 4 rings (SSSR count). The van der Waals surface area contributed by atoms with Gasteiger partial charge in [0.2, 0.25) is 0 Å². The van der Waals surface area contributed by atoms with Crippen LogP contribution in [0, 0.1) is 10.1 Å². The second kappa shape index (κ2) is 7.57. The molecular weight excluding hydrogens is 362 g/mol. The third-order valence-corrected chi connectivity index (χ3v) is 5.35. The molecule has 2 aliphatic heterocycles. The quantitative estimate of drug-likeness (QED) is 0.641. The fraction of sp³-hybridized carbons (Fsp3) is 0.350. The molecule has 0 bridgehead atoms. The van der Waals surface area contributed by atoms with Gasteiger partial charge in [-0.05, 0) is 11.6 Å². The fourth-order valence-corrected chi connectivity index (χ4v) is 3.92. The molecule has 2 atom stereocenters. The Hall–Kier alpha value is -2.97. The van der Waals surface area contributed by atoms with Crippen LogP contribution in [-0.2, 0) is 11.3 Å². The molecule has 2 aromatic rings. The van der Waals surface area contributed by atoms with E-state index in [1.165, 1.54) is 17.7 Å². The minimum absolute atomic E-state index is 0.0684. The Balaban J connectivity index is 1.49. The number of aromatic hydroxyl groups is 1. The third-order valence-electron chi connectivity index (χ3n) is 5.35. The Morgan fingerprint density at radius 3 is 2.71 bits per heavy atom. The SMILES string of the molecule is O=C(c1ccc([N+](=O)[O-])cc1O)N1C[C@@H]2[C@@H](C1)OCCN2Cc1ccccc1. The summed E-state index contributed by atoms with van der Waals surface area (Å²) in [7, 11) is 0. The maximum Gasteiger partial charge on any atom is 0.273 e. The predicted molar refractivity (Wildman–Crippen MR) is 101 cm³/mol. The molecule has 146 valence electrons. The van der Waals surface area contributed by atoms with E-state index in [1.807, 2.05) is 18.2 Å². The molecule has 8 heteroatoms. The van der Waals surface area contributed by atoms with Crippen LogP contribution in [0.4, 0.5) is 5.69 Å². The van der Waals surface area contributed by atoms with Crippen molar-refractivity contribution in [3.63, 3.8) is 0 Å². The van der Waals surface area contributed by atoms with E-state index >= 15 is 0 Å². The number of hydrogen-bond acceptors (Lipinski definition) is 6. The summed E-state index contributed by atoms with van der Waals surface area (Å²) >= 11 is 0. The highest BCUT2D eigenvalue weighted by atomic mass is 16.6. The van der Waals surface area contributed by atoms with Gasteiger partial charge in [0.1, 0.15) is 5.75 Å². The number of non-ortho nitro benzene ring substituents is 1. The summed E-state index contributed by atoms with van der Waals surface area (Å²) in [4.78, 5) is 27.1. The molecular formula is C20H21N3O5. The summed E-state index contributed by atoms with van der Waals surface area (Å²) in [6.07, 6.45) is -0.0818. The van der Waals surface area contributed by atoms with Crippen LogP contribution in [0.2, 0.25) is 0 Å². The van der Waals surface area contributed by atoms with Gasteiger partial charge in [-0.2, -0.15) is 0 Å². The van der Waals surface area contributed by atoms with E-state index in [1.54, 1.807) is 4.90 Å². The number of likely N-dealkylation sites (tertiary alicyclic amines) is 1. The molecule has 2 heterocycles. The zero-order valence-corrected chi connectivity index (χ0v) is 15.2. The second-order valence-corrected chi connectivity index (χ2v) is 7.10. The molecule has 0 unspecified atom stereocenters. The second-order valence-electron chi connectivity index (χ2n) is 7.10. The lowest BCUT2D eigenvalue weighted by molar-refractivity contribution is -0.384. The summed E-state index contributed by atoms with van der Waals surface area (Å²) in [5, 5.41) is 20.9. The van der Waals surface area contributed by atoms with Crippen molar-refractivity contribution in [2.45, 2.75) is 18.7 Å². The average molecular weight is 383 g/mol. The van der Waals surface area contributed by atoms with E-state index in [4.69, 9.17) is 4.74 Å². The van der Waals surface area contributed by atoms with Crippen molar-refractivity contribution in [2.75, 3.05) is 26.2 Å². The maximum absolute atomic E-state index is 12.9. The lowest BCUT2D eigenvalue weighted by Crippen LogP contribution is -2.50. The molecule has 2 aromatic carbocycles. The topological polar surface area (TPSA) is 96.1 Å². The number of amides is 1. The molecule has 2 saturated heterocycles. The average Bonchev–Trinajstić information content (AvgIpc) is 3.13. The van der Waals surface area contributed by atoms with Crippen molar-refractivity contribution in [3.8, 4) is 5.75 Å². The van der Waals surface area contributed by atoms with Crippen molar-refractivity contribution in [2.24, 2.45) is 0 Å². The van der Waals surface area contributed by atoms with Crippen LogP contribution in [0.5, 0.6) is 5.75 Å². The van der Waals surface area contributed by atoms with Crippen LogP contribution in [0.15, 0.2) is 48.5 Å². The number of fused-ring (bicyclic) bond motifs is 1. The maximum atomic E-state index is 12.9. The first-order valence-electron chi connectivity index (χ1n) is 9.19. The Kier molecular flexibility index (Phi) is 4.97. The Labute approximate surface area is 162 Å². The first-order chi connectivity index (χ1) is 13.5. The number of ether oxygens (including phenoxy) is 1. The van der Waals surface area contributed by atoms with Gasteiger partial charge in [0.05, 0.1) is 35.3 Å². The van der Waals surface area contributed by atoms with Gasteiger partial charge < -0.3 is 14.7 Å². The van der Waals surface area contributed by atoms with Crippen LogP contribution in [0.1, 0.15) is 15.9 Å². The number of carbonyl (C=O) groups excluding carboxylic acids is 1. The molecule has 0 saturated carbocycles. The monoisotopic (exact) mass is 383 g/mol. The van der Waals surface area contributed by atoms with Crippen molar-refractivity contribution >= 4 is 11.6 Å². The molecule has 0 aliphatic carbocycles. The number of nitro groups is 1. The molecule has 8 nitrogen and oxygen atoms in total. The largest absolute Gasteiger partial charge is 0.507 e. The van der Waals surface area contributed by atoms with Crippen LogP contribution in [0.3, 0.4) is 0 Å². The molecule has 1 amide bonds. The standard InChI is InChI=1S/C20H21N3O5/c24-18-10-15(23(26)27)6-7-16(18)20(25)22-12-17-19(13-22)28-9-8-21(17)11-14-4-2-1-3-5-14/h1-7,10,17,19,24H,8-9,11-13H2/t17-,19-/m1/s1. The van der Waals surface area contributed by atoms with Gasteiger partial charge in [0.15, 0.2) is 0 Å². The zero-order chi connectivity index (χ0) is 19.7. The number of phenols is 1. The number of carbonyl (C=O) groups is 1. The summed E-state index contributed by atoms with van der Waals surface area (Å²) in [5.74, 6) is -0.721. The molecule has 28 heavy (non-hydrogen) atoms. The molecule has 0 spiro atoms. The van der Waals surface area contributed by atoms with Crippen molar-refractivity contribution in [1.82, 2.24) is 9.80 Å². The van der Waals surface area contributed by atoms with Crippen molar-refractivity contribution < 1.29 is 19.6 Å². The van der Waals surface area contributed by atoms with Gasteiger partial charge >= 0.3 is 0 Å². The number of nitrogens with zero attached hydrogens (tertiary/aromatic N) is 3. The first-order valence-corrected chi connectivity index (χ1v) is 9.19. The summed E-state index contributed by atoms with van der Waals surface area (Å²) < 4.78 is 5.88. The summed E-state index contributed by atoms with van der Waals surface area (Å²) in [5.41, 5.74) is 1.03. The minimum atomic E-state index is -0.603. The van der Waals surface area contributed by atoms with Crippen LogP contribution in [-0.4, -0.2) is 64.1 Å². The van der Waals surface area contributed by atoms with E-state index in [0.29, 0.717) is 19.7 Å². The van der Waals surface area contributed by atoms with E-state index in [0.717, 1.165) is 19.2 Å². The van der Waals surface area contributed by atoms with Crippen molar-refractivity contribution in [1.29, 1.82) is 0 Å². The number of hydrogen-bond donors (Lipinski definition) is 1. The molecule has 0 aromatic heterocycles. The first kappa shape index (κ1) is 18.4. The molecule has 2 aliphatic rings. The molecule has 0 radical (unpaired) electrons. The van der Waals surface area contributed by atoms with Gasteiger partial charge in [-0.3, -0.25) is 19.8 Å². The van der Waals surface area contributed by atoms with E-state index < -0.39 is 4.92 Å². The smallest absolute Gasteiger partial charge is 0.273 e. The lowest BCUT2D eigenvalue weighted by Gasteiger charge is -2.36. The normalized spacial score (nSPS) is 22.1. The highest BCUT2D eigenvalue weighted by molar-refractivity contribution is 5.97. The number of benzene rings is 2. The number of phenolic OH excluding ortho intramolecular Hbond substituents is 1. The number of rotatable bonds is 4. The van der Waals surface area contributed by atoms with E-state index in [-0.39, 0.29) is 35.1 Å². The minimum Gasteiger partial charge on any atom is -0.507 e. The Morgan fingerprint density at radius 2 is 2.00 bits per heavy atom. The Bertz CT molecular complexity index is 889. The van der Waals surface area contributed by atoms with E-state index in [2.05, 4.69) is 17.0 Å². The molecule has 2 fully saturated rings. The van der Waals surface area contributed by atoms with E-state index in [9.17, 15) is 20.0 Å². The van der Waals surface area contributed by atoms with Gasteiger partial charge in [0.25, 0.3) is 11.6 Å². The van der Waals surface area contributed by atoms with Gasteiger partial charge in [-0.25, -0.2) is 0 Å². The number of nitro benzene ring substituents is 1. The highest BCUT2D eigenvalue weighted by Crippen LogP contribution is 2.29. The highest BCUT2D eigenvalue weighted by Gasteiger charge is 2.42. The van der Waals surface area contributed by atoms with Gasteiger partial charge in [-0.1, -0.05) is 30.3 Å². The Morgan fingerprint density at radius 1 is 1.21 bits per heavy atom. The zero-order valence-electron chi connectivity index (χ0n) is 15.2. The third kappa shape index (κ3) is 3.56. The molecule has 1 N–H and O–H groups in total. The van der Waals surface area contributed by atoms with Crippen LogP contribution in [0.25, 0.3) is 0 Å². The lowest BCUT2D eigenvalue weighted by atomic mass is 10.1. The fourth-order valence-electron chi connectivity index (χ4n) is 3.92. The number of morpholine rings is 1. The summed E-state index contributed by atoms with van der Waals surface area (Å²) in [6.45, 7) is 3.12. The summed E-state index contributed by atoms with van der Waals surface area (Å²) in [6, 6.07) is 13.8. The van der Waals surface area contributed by atoms with Gasteiger partial charge in [-0.15, -0.1) is 0 Å². The van der Waals surface area contributed by atoms with Crippen LogP contribution >= 0.6 is 0 Å². The predicted octanol–water partition coefficient (Wildman–Crippen LogP) is 2.03. The van der Waals surface area contributed by atoms with Gasteiger partial charge in [0, 0.05) is 32.2 Å². The van der Waals surface area contributed by atoms with Crippen molar-refractivity contribution in [3.05, 3.63) is 69.8 Å².